The molecule has 0 aliphatic rings. The fourth-order valence-corrected chi connectivity index (χ4v) is 2.05. The summed E-state index contributed by atoms with van der Waals surface area (Å²) in [6.45, 7) is 2.72. The van der Waals surface area contributed by atoms with Crippen LogP contribution < -0.4 is 32.2 Å². The van der Waals surface area contributed by atoms with Crippen LogP contribution in [0.25, 0.3) is 0 Å². The lowest BCUT2D eigenvalue weighted by molar-refractivity contribution is 0.210. The monoisotopic (exact) mass is 426 g/mol. The molecule has 0 unspecified atom stereocenters. The molecule has 0 aromatic carbocycles. The van der Waals surface area contributed by atoms with E-state index in [2.05, 4.69) is 51.2 Å². The van der Waals surface area contributed by atoms with Gasteiger partial charge in [-0.2, -0.15) is 29.9 Å². The topological polar surface area (TPSA) is 208 Å². The summed E-state index contributed by atoms with van der Waals surface area (Å²) in [6, 6.07) is 0. The van der Waals surface area contributed by atoms with Crippen LogP contribution in [0.5, 0.6) is 0 Å². The van der Waals surface area contributed by atoms with Crippen molar-refractivity contribution in [1.29, 1.82) is 0 Å². The first-order valence-electron chi connectivity index (χ1n) is 8.94. The summed E-state index contributed by atoms with van der Waals surface area (Å²) >= 11 is 0. The number of rotatable bonds is 15. The summed E-state index contributed by atoms with van der Waals surface area (Å²) in [5.74, 6) is 1.03. The minimum atomic E-state index is -0.0109. The first-order valence-corrected chi connectivity index (χ1v) is 8.94. The first kappa shape index (κ1) is 22.9. The third-order valence-corrected chi connectivity index (χ3v) is 3.34. The van der Waals surface area contributed by atoms with Crippen molar-refractivity contribution in [3.63, 3.8) is 0 Å². The summed E-state index contributed by atoms with van der Waals surface area (Å²) < 4.78 is 9.91. The van der Waals surface area contributed by atoms with Crippen molar-refractivity contribution in [2.75, 3.05) is 85.8 Å². The SMILES string of the molecule is COCCNc1nc(NO)nc(NCCNc2nc(NO)nc(NCCOC)n2)n1. The molecular weight excluding hydrogens is 400 g/mol. The highest BCUT2D eigenvalue weighted by Gasteiger charge is 2.07. The Morgan fingerprint density at radius 1 is 0.533 bits per heavy atom. The van der Waals surface area contributed by atoms with Gasteiger partial charge in [0, 0.05) is 40.4 Å². The maximum absolute atomic E-state index is 9.07. The maximum Gasteiger partial charge on any atom is 0.253 e. The zero-order valence-electron chi connectivity index (χ0n) is 16.6. The van der Waals surface area contributed by atoms with Crippen molar-refractivity contribution < 1.29 is 19.9 Å². The van der Waals surface area contributed by atoms with Crippen LogP contribution >= 0.6 is 0 Å². The zero-order valence-corrected chi connectivity index (χ0v) is 16.6. The summed E-state index contributed by atoms with van der Waals surface area (Å²) in [5.41, 5.74) is 3.78. The summed E-state index contributed by atoms with van der Waals surface area (Å²) in [7, 11) is 3.17. The van der Waals surface area contributed by atoms with Crippen molar-refractivity contribution in [3.8, 4) is 0 Å². The number of anilines is 6. The Kier molecular flexibility index (Phi) is 9.93. The van der Waals surface area contributed by atoms with E-state index < -0.39 is 0 Å². The van der Waals surface area contributed by atoms with Gasteiger partial charge < -0.3 is 30.7 Å². The van der Waals surface area contributed by atoms with Crippen LogP contribution in [0.1, 0.15) is 0 Å². The molecule has 30 heavy (non-hydrogen) atoms. The highest BCUT2D eigenvalue weighted by molar-refractivity contribution is 5.42. The number of aromatic nitrogens is 6. The van der Waals surface area contributed by atoms with Crippen LogP contribution in [-0.4, -0.2) is 93.9 Å². The van der Waals surface area contributed by atoms with Crippen molar-refractivity contribution in [3.05, 3.63) is 0 Å². The average Bonchev–Trinajstić information content (AvgIpc) is 2.77. The molecule has 2 aromatic rings. The molecule has 166 valence electrons. The van der Waals surface area contributed by atoms with E-state index in [9.17, 15) is 0 Å². The summed E-state index contributed by atoms with van der Waals surface area (Å²) in [6.07, 6.45) is 0. The molecule has 0 aliphatic heterocycles. The number of hydrogen-bond acceptors (Lipinski definition) is 16. The van der Waals surface area contributed by atoms with Crippen molar-refractivity contribution in [2.45, 2.75) is 0 Å². The fraction of sp³-hybridized carbons (Fsp3) is 0.571. The van der Waals surface area contributed by atoms with Gasteiger partial charge in [0.25, 0.3) is 11.9 Å². The standard InChI is InChI=1S/C14H26N12O4/c1-29-7-5-17-11-19-9(21-13(23-11)25-27)15-3-4-16-10-20-12(18-6-8-30-2)24-14(22-10)26-28/h27-28H,3-8H2,1-2H3,(H3,15,17,19,21,23,25)(H3,16,18,20,22,24,26). The molecule has 0 aliphatic carbocycles. The Bertz CT molecular complexity index is 704. The van der Waals surface area contributed by atoms with Crippen LogP contribution in [0.4, 0.5) is 35.7 Å². The molecule has 0 atom stereocenters. The second-order valence-corrected chi connectivity index (χ2v) is 5.53. The molecule has 0 bridgehead atoms. The van der Waals surface area contributed by atoms with E-state index in [-0.39, 0.29) is 35.7 Å². The van der Waals surface area contributed by atoms with Crippen LogP contribution in [0.15, 0.2) is 0 Å². The molecule has 16 heteroatoms. The van der Waals surface area contributed by atoms with Gasteiger partial charge in [-0.15, -0.1) is 0 Å². The molecule has 2 rings (SSSR count). The number of hydrogen-bond donors (Lipinski definition) is 8. The van der Waals surface area contributed by atoms with Crippen LogP contribution in [0.3, 0.4) is 0 Å². The quantitative estimate of drug-likeness (QED) is 0.131. The molecule has 8 N–H and O–H groups in total. The lowest BCUT2D eigenvalue weighted by Crippen LogP contribution is -2.19. The van der Waals surface area contributed by atoms with E-state index >= 15 is 0 Å². The normalized spacial score (nSPS) is 10.4. The predicted octanol–water partition coefficient (Wildman–Crippen LogP) is -0.701. The molecule has 0 saturated heterocycles. The van der Waals surface area contributed by atoms with E-state index in [4.69, 9.17) is 19.9 Å². The lowest BCUT2D eigenvalue weighted by Gasteiger charge is -2.11. The Hall–Kier alpha value is -3.34. The Balaban J connectivity index is 1.89. The van der Waals surface area contributed by atoms with Crippen LogP contribution in [0, 0.1) is 0 Å². The van der Waals surface area contributed by atoms with Gasteiger partial charge >= 0.3 is 0 Å². The molecule has 16 nitrogen and oxygen atoms in total. The summed E-state index contributed by atoms with van der Waals surface area (Å²) in [5, 5.41) is 30.0. The lowest BCUT2D eigenvalue weighted by atomic mass is 10.6. The minimum Gasteiger partial charge on any atom is -0.383 e. The van der Waals surface area contributed by atoms with Gasteiger partial charge in [0.1, 0.15) is 0 Å². The van der Waals surface area contributed by atoms with Crippen molar-refractivity contribution in [2.24, 2.45) is 0 Å². The minimum absolute atomic E-state index is 0.0109. The molecule has 0 fully saturated rings. The Morgan fingerprint density at radius 2 is 0.833 bits per heavy atom. The number of nitrogens with zero attached hydrogens (tertiary/aromatic N) is 6. The van der Waals surface area contributed by atoms with Gasteiger partial charge in [-0.25, -0.2) is 11.0 Å². The third kappa shape index (κ3) is 7.95. The molecular formula is C14H26N12O4. The maximum atomic E-state index is 9.07. The number of nitrogens with one attached hydrogen (secondary N) is 6. The van der Waals surface area contributed by atoms with E-state index in [1.165, 1.54) is 0 Å². The van der Waals surface area contributed by atoms with Crippen molar-refractivity contribution in [1.82, 2.24) is 29.9 Å². The molecule has 0 saturated carbocycles. The van der Waals surface area contributed by atoms with Gasteiger partial charge in [-0.1, -0.05) is 0 Å². The van der Waals surface area contributed by atoms with Gasteiger partial charge in [0.15, 0.2) is 0 Å². The van der Waals surface area contributed by atoms with Gasteiger partial charge in [-0.05, 0) is 0 Å². The molecule has 0 radical (unpaired) electrons. The van der Waals surface area contributed by atoms with E-state index in [1.807, 2.05) is 11.0 Å². The second kappa shape index (κ2) is 13.0. The molecule has 2 heterocycles. The summed E-state index contributed by atoms with van der Waals surface area (Å²) in [4.78, 5) is 24.4. The fourth-order valence-electron chi connectivity index (χ4n) is 2.05. The number of ether oxygens (including phenoxy) is 2. The predicted molar refractivity (Wildman–Crippen MR) is 108 cm³/mol. The van der Waals surface area contributed by atoms with Crippen molar-refractivity contribution >= 4 is 35.7 Å². The Labute approximate surface area is 172 Å². The number of methoxy groups -OCH3 is 2. The Morgan fingerprint density at radius 3 is 1.13 bits per heavy atom. The van der Waals surface area contributed by atoms with E-state index in [1.54, 1.807) is 14.2 Å². The van der Waals surface area contributed by atoms with Gasteiger partial charge in [0.2, 0.25) is 23.8 Å². The molecule has 0 spiro atoms. The smallest absolute Gasteiger partial charge is 0.253 e. The average molecular weight is 426 g/mol. The van der Waals surface area contributed by atoms with Gasteiger partial charge in [0.05, 0.1) is 13.2 Å². The van der Waals surface area contributed by atoms with Crippen LogP contribution in [-0.2, 0) is 9.47 Å². The molecule has 2 aromatic heterocycles. The van der Waals surface area contributed by atoms with E-state index in [0.29, 0.717) is 39.4 Å². The zero-order chi connectivity index (χ0) is 21.6. The molecule has 0 amide bonds. The highest BCUT2D eigenvalue weighted by Crippen LogP contribution is 2.10. The van der Waals surface area contributed by atoms with Gasteiger partial charge in [-0.3, -0.25) is 10.4 Å². The first-order chi connectivity index (χ1) is 14.7. The third-order valence-electron chi connectivity index (χ3n) is 3.34. The highest BCUT2D eigenvalue weighted by atomic mass is 16.5. The second-order valence-electron chi connectivity index (χ2n) is 5.53. The van der Waals surface area contributed by atoms with E-state index in [0.717, 1.165) is 0 Å². The van der Waals surface area contributed by atoms with Crippen LogP contribution in [0.2, 0.25) is 0 Å². The largest absolute Gasteiger partial charge is 0.383 e.